The van der Waals surface area contributed by atoms with E-state index in [0.29, 0.717) is 44.5 Å². The maximum Gasteiger partial charge on any atom is 0.197 e. The Bertz CT molecular complexity index is 1300. The molecule has 0 unspecified atom stereocenters. The van der Waals surface area contributed by atoms with Crippen molar-refractivity contribution in [3.63, 3.8) is 0 Å². The van der Waals surface area contributed by atoms with Crippen molar-refractivity contribution < 1.29 is 19.1 Å². The normalized spacial score (nSPS) is 10.9. The molecular weight excluding hydrogens is 424 g/mol. The summed E-state index contributed by atoms with van der Waals surface area (Å²) >= 11 is 0. The number of carbonyl (C=O) groups is 2. The van der Waals surface area contributed by atoms with Crippen LogP contribution in [0.2, 0.25) is 0 Å². The van der Waals surface area contributed by atoms with E-state index >= 15 is 0 Å². The minimum atomic E-state index is -0.149. The van der Waals surface area contributed by atoms with Crippen molar-refractivity contribution in [2.24, 2.45) is 0 Å². The van der Waals surface area contributed by atoms with Crippen molar-refractivity contribution >= 4 is 22.3 Å². The third kappa shape index (κ3) is 4.19. The number of fused-ring (bicyclic) bond motifs is 1. The molecule has 0 aliphatic carbocycles. The van der Waals surface area contributed by atoms with Gasteiger partial charge in [-0.25, -0.2) is 0 Å². The Labute approximate surface area is 200 Å². The average molecular weight is 453 g/mol. The van der Waals surface area contributed by atoms with Gasteiger partial charge in [-0.15, -0.1) is 0 Å². The van der Waals surface area contributed by atoms with E-state index < -0.39 is 0 Å². The minimum Gasteiger partial charge on any atom is -0.496 e. The molecule has 4 heteroatoms. The summed E-state index contributed by atoms with van der Waals surface area (Å²) in [4.78, 5) is 27.5. The number of aryl methyl sites for hydroxylation is 4. The zero-order valence-corrected chi connectivity index (χ0v) is 20.4. The fourth-order valence-electron chi connectivity index (χ4n) is 4.67. The second-order valence-electron chi connectivity index (χ2n) is 8.79. The molecule has 0 aromatic heterocycles. The van der Waals surface area contributed by atoms with Crippen LogP contribution in [0.4, 0.5) is 0 Å². The lowest BCUT2D eigenvalue weighted by Gasteiger charge is -2.16. The second-order valence-corrected chi connectivity index (χ2v) is 8.79. The van der Waals surface area contributed by atoms with Gasteiger partial charge in [0, 0.05) is 11.1 Å². The summed E-state index contributed by atoms with van der Waals surface area (Å²) in [6.07, 6.45) is 0. The Balaban J connectivity index is 2.00. The Kier molecular flexibility index (Phi) is 6.25. The summed E-state index contributed by atoms with van der Waals surface area (Å²) in [5, 5.41) is 1.30. The molecule has 0 heterocycles. The molecule has 4 rings (SSSR count). The fourth-order valence-corrected chi connectivity index (χ4v) is 4.67. The maximum atomic E-state index is 13.7. The Morgan fingerprint density at radius 2 is 0.853 bits per heavy atom. The lowest BCUT2D eigenvalue weighted by atomic mass is 9.89. The Morgan fingerprint density at radius 1 is 0.529 bits per heavy atom. The van der Waals surface area contributed by atoms with E-state index in [1.54, 1.807) is 26.4 Å². The van der Waals surface area contributed by atoms with Crippen LogP contribution in [0, 0.1) is 27.7 Å². The number of ketones is 2. The first-order valence-corrected chi connectivity index (χ1v) is 11.2. The third-order valence-corrected chi connectivity index (χ3v) is 5.99. The highest BCUT2D eigenvalue weighted by atomic mass is 16.5. The molecule has 0 aliphatic heterocycles. The van der Waals surface area contributed by atoms with Crippen LogP contribution in [0.1, 0.15) is 54.1 Å². The van der Waals surface area contributed by atoms with Crippen molar-refractivity contribution in [2.75, 3.05) is 14.2 Å². The molecule has 4 aromatic rings. The molecule has 172 valence electrons. The molecule has 0 saturated heterocycles. The van der Waals surface area contributed by atoms with Crippen LogP contribution < -0.4 is 9.47 Å². The highest BCUT2D eigenvalue weighted by Crippen LogP contribution is 2.37. The monoisotopic (exact) mass is 452 g/mol. The second kappa shape index (κ2) is 9.14. The van der Waals surface area contributed by atoms with Crippen LogP contribution in [0.15, 0.2) is 60.7 Å². The smallest absolute Gasteiger partial charge is 0.197 e. The molecule has 0 atom stereocenters. The van der Waals surface area contributed by atoms with Crippen molar-refractivity contribution in [1.82, 2.24) is 0 Å². The van der Waals surface area contributed by atoms with Crippen LogP contribution in [0.3, 0.4) is 0 Å². The fraction of sp³-hybridized carbons (Fsp3) is 0.200. The van der Waals surface area contributed by atoms with Crippen LogP contribution in [0.5, 0.6) is 11.5 Å². The van der Waals surface area contributed by atoms with E-state index in [-0.39, 0.29) is 11.6 Å². The van der Waals surface area contributed by atoms with Gasteiger partial charge in [0.2, 0.25) is 0 Å². The molecule has 0 spiro atoms. The topological polar surface area (TPSA) is 52.6 Å². The Hall–Kier alpha value is -3.92. The Morgan fingerprint density at radius 3 is 1.15 bits per heavy atom. The lowest BCUT2D eigenvalue weighted by Crippen LogP contribution is -2.09. The molecule has 4 aromatic carbocycles. The van der Waals surface area contributed by atoms with Crippen LogP contribution in [-0.4, -0.2) is 25.8 Å². The van der Waals surface area contributed by atoms with Gasteiger partial charge in [0.1, 0.15) is 11.5 Å². The zero-order chi connectivity index (χ0) is 24.6. The predicted molar refractivity (Wildman–Crippen MR) is 136 cm³/mol. The van der Waals surface area contributed by atoms with Crippen molar-refractivity contribution in [3.8, 4) is 11.5 Å². The van der Waals surface area contributed by atoms with Crippen LogP contribution in [0.25, 0.3) is 10.8 Å². The maximum absolute atomic E-state index is 13.7. The molecule has 0 radical (unpaired) electrons. The first-order chi connectivity index (χ1) is 16.2. The summed E-state index contributed by atoms with van der Waals surface area (Å²) in [6, 6.07) is 18.7. The molecule has 34 heavy (non-hydrogen) atoms. The van der Waals surface area contributed by atoms with Gasteiger partial charge >= 0.3 is 0 Å². The number of hydrogen-bond acceptors (Lipinski definition) is 4. The van der Waals surface area contributed by atoms with Gasteiger partial charge in [0.25, 0.3) is 0 Å². The lowest BCUT2D eigenvalue weighted by molar-refractivity contribution is 0.102. The first-order valence-electron chi connectivity index (χ1n) is 11.2. The van der Waals surface area contributed by atoms with Gasteiger partial charge in [0.15, 0.2) is 11.6 Å². The number of rotatable bonds is 6. The van der Waals surface area contributed by atoms with Gasteiger partial charge in [0.05, 0.1) is 25.3 Å². The largest absolute Gasteiger partial charge is 0.496 e. The van der Waals surface area contributed by atoms with Gasteiger partial charge in [-0.05, 0) is 87.0 Å². The van der Waals surface area contributed by atoms with Crippen molar-refractivity contribution in [2.45, 2.75) is 27.7 Å². The van der Waals surface area contributed by atoms with Crippen molar-refractivity contribution in [1.29, 1.82) is 0 Å². The predicted octanol–water partition coefficient (Wildman–Crippen LogP) is 6.55. The first kappa shape index (κ1) is 23.2. The van der Waals surface area contributed by atoms with E-state index in [1.165, 1.54) is 0 Å². The molecule has 4 nitrogen and oxygen atoms in total. The van der Waals surface area contributed by atoms with E-state index in [1.807, 2.05) is 76.2 Å². The summed E-state index contributed by atoms with van der Waals surface area (Å²) in [5.41, 5.74) is 6.07. The van der Waals surface area contributed by atoms with Gasteiger partial charge in [-0.1, -0.05) is 34.4 Å². The SMILES string of the molecule is COc1ccc2c(C(=O)c3cc(C)cc(C)c3)c(OC)ccc2c1C(=O)c1cc(C)cc(C)c1. The molecule has 0 amide bonds. The summed E-state index contributed by atoms with van der Waals surface area (Å²) in [6.45, 7) is 7.87. The highest BCUT2D eigenvalue weighted by Gasteiger charge is 2.24. The number of methoxy groups -OCH3 is 2. The van der Waals surface area contributed by atoms with E-state index in [2.05, 4.69) is 0 Å². The molecule has 0 fully saturated rings. The zero-order valence-electron chi connectivity index (χ0n) is 20.4. The highest BCUT2D eigenvalue weighted by molar-refractivity contribution is 6.24. The van der Waals surface area contributed by atoms with Crippen LogP contribution >= 0.6 is 0 Å². The minimum absolute atomic E-state index is 0.149. The van der Waals surface area contributed by atoms with E-state index in [9.17, 15) is 9.59 Å². The van der Waals surface area contributed by atoms with Gasteiger partial charge in [-0.3, -0.25) is 9.59 Å². The van der Waals surface area contributed by atoms with Gasteiger partial charge < -0.3 is 9.47 Å². The summed E-state index contributed by atoms with van der Waals surface area (Å²) in [5.74, 6) is 0.631. The summed E-state index contributed by atoms with van der Waals surface area (Å²) in [7, 11) is 3.09. The average Bonchev–Trinajstić information content (AvgIpc) is 2.80. The number of hydrogen-bond donors (Lipinski definition) is 0. The van der Waals surface area contributed by atoms with E-state index in [0.717, 1.165) is 22.3 Å². The van der Waals surface area contributed by atoms with Crippen molar-refractivity contribution in [3.05, 3.63) is 105 Å². The standard InChI is InChI=1S/C30H28O4/c1-17-11-18(2)14-21(13-17)29(31)27-23-7-10-26(34-6)28(24(23)8-9-25(27)33-5)30(32)22-15-19(3)12-20(4)16-22/h7-16H,1-6H3. The molecule has 0 bridgehead atoms. The van der Waals surface area contributed by atoms with Gasteiger partial charge in [-0.2, -0.15) is 0 Å². The molecule has 0 aliphatic rings. The number of carbonyl (C=O) groups excluding carboxylic acids is 2. The molecular formula is C30H28O4. The van der Waals surface area contributed by atoms with Crippen LogP contribution in [-0.2, 0) is 0 Å². The van der Waals surface area contributed by atoms with E-state index in [4.69, 9.17) is 9.47 Å². The number of ether oxygens (including phenoxy) is 2. The molecule has 0 N–H and O–H groups in total. The third-order valence-electron chi connectivity index (χ3n) is 5.99. The quantitative estimate of drug-likeness (QED) is 0.311. The summed E-state index contributed by atoms with van der Waals surface area (Å²) < 4.78 is 11.2. The number of benzene rings is 4. The molecule has 0 saturated carbocycles.